The number of aromatic nitrogens is 1. The van der Waals surface area contributed by atoms with Crippen molar-refractivity contribution in [3.05, 3.63) is 40.5 Å². The van der Waals surface area contributed by atoms with E-state index in [1.54, 1.807) is 6.92 Å². The quantitative estimate of drug-likeness (QED) is 0.857. The van der Waals surface area contributed by atoms with E-state index in [0.29, 0.717) is 6.54 Å². The van der Waals surface area contributed by atoms with Crippen molar-refractivity contribution in [3.63, 3.8) is 0 Å². The van der Waals surface area contributed by atoms with Gasteiger partial charge in [-0.15, -0.1) is 0 Å². The molecule has 1 aliphatic heterocycles. The molecule has 0 aliphatic carbocycles. The minimum Gasteiger partial charge on any atom is -0.361 e. The van der Waals surface area contributed by atoms with Crippen LogP contribution in [0.25, 0.3) is 16.5 Å². The zero-order chi connectivity index (χ0) is 13.4. The average molecular weight is 319 g/mol. The van der Waals surface area contributed by atoms with Gasteiger partial charge in [0.2, 0.25) is 5.91 Å². The molecule has 1 amide bonds. The fraction of sp³-hybridized carbons (Fsp3) is 0.267. The molecule has 2 heterocycles. The highest BCUT2D eigenvalue weighted by Crippen LogP contribution is 2.30. The first-order valence-electron chi connectivity index (χ1n) is 6.37. The molecule has 19 heavy (non-hydrogen) atoms. The minimum absolute atomic E-state index is 0.150. The fourth-order valence-corrected chi connectivity index (χ4v) is 2.92. The van der Waals surface area contributed by atoms with E-state index >= 15 is 0 Å². The van der Waals surface area contributed by atoms with E-state index in [9.17, 15) is 4.79 Å². The van der Waals surface area contributed by atoms with Gasteiger partial charge in [-0.25, -0.2) is 0 Å². The summed E-state index contributed by atoms with van der Waals surface area (Å²) in [6, 6.07) is 6.25. The molecule has 1 aliphatic rings. The van der Waals surface area contributed by atoms with Crippen LogP contribution in [0, 0.1) is 0 Å². The zero-order valence-corrected chi connectivity index (χ0v) is 12.3. The normalized spacial score (nSPS) is 15.7. The monoisotopic (exact) mass is 318 g/mol. The first-order valence-corrected chi connectivity index (χ1v) is 7.16. The van der Waals surface area contributed by atoms with E-state index in [1.165, 1.54) is 16.5 Å². The van der Waals surface area contributed by atoms with Crippen LogP contribution in [0.15, 0.2) is 34.9 Å². The Kier molecular flexibility index (Phi) is 3.19. The lowest BCUT2D eigenvalue weighted by Gasteiger charge is -2.25. The van der Waals surface area contributed by atoms with Crippen LogP contribution in [0.5, 0.6) is 0 Å². The highest BCUT2D eigenvalue weighted by Gasteiger charge is 2.16. The summed E-state index contributed by atoms with van der Waals surface area (Å²) in [6.07, 6.45) is 5.14. The molecule has 1 aromatic heterocycles. The van der Waals surface area contributed by atoms with Gasteiger partial charge in [0.05, 0.1) is 0 Å². The number of hydrogen-bond acceptors (Lipinski definition) is 1. The van der Waals surface area contributed by atoms with Gasteiger partial charge in [0.15, 0.2) is 0 Å². The summed E-state index contributed by atoms with van der Waals surface area (Å²) in [5.74, 6) is 0.150. The number of aromatic amines is 1. The van der Waals surface area contributed by atoms with Crippen molar-refractivity contribution in [1.29, 1.82) is 0 Å². The topological polar surface area (TPSA) is 36.1 Å². The molecule has 2 aromatic rings. The lowest BCUT2D eigenvalue weighted by Crippen LogP contribution is -2.32. The van der Waals surface area contributed by atoms with Crippen molar-refractivity contribution in [2.24, 2.45) is 0 Å². The molecular weight excluding hydrogens is 304 g/mol. The molecule has 3 rings (SSSR count). The van der Waals surface area contributed by atoms with Crippen LogP contribution in [-0.4, -0.2) is 28.9 Å². The lowest BCUT2D eigenvalue weighted by atomic mass is 9.99. The van der Waals surface area contributed by atoms with E-state index in [1.807, 2.05) is 11.0 Å². The van der Waals surface area contributed by atoms with Crippen molar-refractivity contribution in [1.82, 2.24) is 9.88 Å². The molecule has 0 unspecified atom stereocenters. The molecule has 3 nitrogen and oxygen atoms in total. The number of halogens is 1. The Balaban J connectivity index is 1.97. The van der Waals surface area contributed by atoms with Crippen LogP contribution in [-0.2, 0) is 4.79 Å². The predicted molar refractivity (Wildman–Crippen MR) is 80.8 cm³/mol. The Morgan fingerprint density at radius 1 is 1.42 bits per heavy atom. The minimum atomic E-state index is 0.150. The van der Waals surface area contributed by atoms with Gasteiger partial charge in [0.25, 0.3) is 0 Å². The smallest absolute Gasteiger partial charge is 0.219 e. The van der Waals surface area contributed by atoms with Crippen LogP contribution < -0.4 is 0 Å². The molecule has 0 fully saturated rings. The third-order valence-corrected chi connectivity index (χ3v) is 4.14. The molecule has 0 saturated carbocycles. The van der Waals surface area contributed by atoms with Crippen molar-refractivity contribution in [3.8, 4) is 0 Å². The van der Waals surface area contributed by atoms with Crippen molar-refractivity contribution < 1.29 is 4.79 Å². The summed E-state index contributed by atoms with van der Waals surface area (Å²) in [6.45, 7) is 3.15. The third-order valence-electron chi connectivity index (χ3n) is 3.64. The Morgan fingerprint density at radius 3 is 2.95 bits per heavy atom. The summed E-state index contributed by atoms with van der Waals surface area (Å²) in [5.41, 5.74) is 3.72. The highest BCUT2D eigenvalue weighted by atomic mass is 79.9. The first-order chi connectivity index (χ1) is 9.15. The van der Waals surface area contributed by atoms with Crippen LogP contribution in [0.3, 0.4) is 0 Å². The summed E-state index contributed by atoms with van der Waals surface area (Å²) < 4.78 is 1.09. The number of hydrogen-bond donors (Lipinski definition) is 1. The van der Waals surface area contributed by atoms with E-state index < -0.39 is 0 Å². The maximum absolute atomic E-state index is 11.3. The van der Waals surface area contributed by atoms with Gasteiger partial charge in [-0.05, 0) is 30.2 Å². The Morgan fingerprint density at radius 2 is 2.26 bits per heavy atom. The van der Waals surface area contributed by atoms with Crippen LogP contribution in [0.1, 0.15) is 18.9 Å². The van der Waals surface area contributed by atoms with E-state index in [-0.39, 0.29) is 5.91 Å². The van der Waals surface area contributed by atoms with Crippen molar-refractivity contribution in [2.75, 3.05) is 13.1 Å². The first kappa shape index (κ1) is 12.5. The van der Waals surface area contributed by atoms with Gasteiger partial charge < -0.3 is 9.88 Å². The second-order valence-corrected chi connectivity index (χ2v) is 5.75. The summed E-state index contributed by atoms with van der Waals surface area (Å²) in [4.78, 5) is 16.5. The Bertz CT molecular complexity index is 672. The molecule has 0 bridgehead atoms. The van der Waals surface area contributed by atoms with Crippen molar-refractivity contribution in [2.45, 2.75) is 13.3 Å². The number of carbonyl (C=O) groups is 1. The standard InChI is InChI=1S/C15H15BrN2O/c1-10(19)18-6-4-11(5-7-18)14-9-17-15-3-2-12(16)8-13(14)15/h2-4,8-9,17H,5-7H2,1H3. The maximum Gasteiger partial charge on any atom is 0.219 e. The molecule has 98 valence electrons. The van der Waals surface area contributed by atoms with Gasteiger partial charge >= 0.3 is 0 Å². The van der Waals surface area contributed by atoms with Gasteiger partial charge in [-0.1, -0.05) is 22.0 Å². The summed E-state index contributed by atoms with van der Waals surface area (Å²) >= 11 is 3.52. The molecule has 0 atom stereocenters. The van der Waals surface area contributed by atoms with Crippen LogP contribution >= 0.6 is 15.9 Å². The number of carbonyl (C=O) groups excluding carboxylic acids is 1. The SMILES string of the molecule is CC(=O)N1CC=C(c2c[nH]c3ccc(Br)cc23)CC1. The third kappa shape index (κ3) is 2.32. The largest absolute Gasteiger partial charge is 0.361 e. The van der Waals surface area contributed by atoms with Gasteiger partial charge in [-0.3, -0.25) is 4.79 Å². The number of rotatable bonds is 1. The predicted octanol–water partition coefficient (Wildman–Crippen LogP) is 3.57. The number of fused-ring (bicyclic) bond motifs is 1. The molecule has 1 aromatic carbocycles. The molecule has 1 N–H and O–H groups in total. The molecule has 4 heteroatoms. The van der Waals surface area contributed by atoms with Crippen molar-refractivity contribution >= 4 is 38.3 Å². The van der Waals surface area contributed by atoms with E-state index in [2.05, 4.69) is 45.3 Å². The van der Waals surface area contributed by atoms with Gasteiger partial charge in [0, 0.05) is 47.1 Å². The Labute approximate surface area is 120 Å². The molecule has 0 radical (unpaired) electrons. The molecule has 0 saturated heterocycles. The second kappa shape index (κ2) is 4.85. The van der Waals surface area contributed by atoms with E-state index in [4.69, 9.17) is 0 Å². The van der Waals surface area contributed by atoms with Crippen LogP contribution in [0.2, 0.25) is 0 Å². The molecule has 0 spiro atoms. The number of nitrogens with zero attached hydrogens (tertiary/aromatic N) is 1. The van der Waals surface area contributed by atoms with Crippen LogP contribution in [0.4, 0.5) is 0 Å². The molecular formula is C15H15BrN2O. The summed E-state index contributed by atoms with van der Waals surface area (Å²) in [5, 5.41) is 1.23. The highest BCUT2D eigenvalue weighted by molar-refractivity contribution is 9.10. The van der Waals surface area contributed by atoms with E-state index in [0.717, 1.165) is 23.0 Å². The number of amides is 1. The average Bonchev–Trinajstić information content (AvgIpc) is 2.81. The fourth-order valence-electron chi connectivity index (χ4n) is 2.56. The number of H-pyrrole nitrogens is 1. The van der Waals surface area contributed by atoms with Gasteiger partial charge in [0.1, 0.15) is 0 Å². The second-order valence-electron chi connectivity index (χ2n) is 4.84. The lowest BCUT2D eigenvalue weighted by molar-refractivity contribution is -0.128. The Hall–Kier alpha value is -1.55. The number of nitrogens with one attached hydrogen (secondary N) is 1. The maximum atomic E-state index is 11.3. The van der Waals surface area contributed by atoms with Gasteiger partial charge in [-0.2, -0.15) is 0 Å². The summed E-state index contributed by atoms with van der Waals surface area (Å²) in [7, 11) is 0. The number of benzene rings is 1. The zero-order valence-electron chi connectivity index (χ0n) is 10.7.